The molecule has 2 fully saturated rings. The molecule has 3 aromatic heterocycles. The SMILES string of the molecule is CCc1nc2ncc(CN3CCN(c4ccc(C(=O)NC)nc4)[C@@H]4C[C@@H]43)cc2[nH]c1=O. The third-order valence-electron chi connectivity index (χ3n) is 6.16. The van der Waals surface area contributed by atoms with Crippen molar-refractivity contribution in [3.8, 4) is 0 Å². The number of carbonyl (C=O) groups is 1. The molecule has 160 valence electrons. The molecule has 2 N–H and O–H groups in total. The highest BCUT2D eigenvalue weighted by atomic mass is 16.1. The molecule has 0 bridgehead atoms. The van der Waals surface area contributed by atoms with Crippen molar-refractivity contribution in [2.45, 2.75) is 38.4 Å². The van der Waals surface area contributed by atoms with Gasteiger partial charge in [-0.25, -0.2) is 15.0 Å². The van der Waals surface area contributed by atoms with Crippen molar-refractivity contribution < 1.29 is 4.79 Å². The summed E-state index contributed by atoms with van der Waals surface area (Å²) < 4.78 is 0. The van der Waals surface area contributed by atoms with Crippen LogP contribution < -0.4 is 15.8 Å². The molecule has 1 aliphatic carbocycles. The molecule has 9 heteroatoms. The maximum absolute atomic E-state index is 12.1. The summed E-state index contributed by atoms with van der Waals surface area (Å²) >= 11 is 0. The van der Waals surface area contributed by atoms with E-state index in [4.69, 9.17) is 0 Å². The number of aromatic amines is 1. The lowest BCUT2D eigenvalue weighted by atomic mass is 10.2. The molecule has 31 heavy (non-hydrogen) atoms. The van der Waals surface area contributed by atoms with Crippen LogP contribution in [-0.2, 0) is 13.0 Å². The summed E-state index contributed by atoms with van der Waals surface area (Å²) in [6, 6.07) is 6.69. The zero-order chi connectivity index (χ0) is 21.5. The molecule has 1 amide bonds. The Morgan fingerprint density at radius 1 is 1.23 bits per heavy atom. The quantitative estimate of drug-likeness (QED) is 0.638. The molecule has 1 saturated carbocycles. The minimum atomic E-state index is -0.174. The Hall–Kier alpha value is -3.33. The number of pyridine rings is 2. The number of piperazine rings is 1. The topological polar surface area (TPSA) is 107 Å². The van der Waals surface area contributed by atoms with Gasteiger partial charge >= 0.3 is 0 Å². The first kappa shape index (κ1) is 19.6. The van der Waals surface area contributed by atoms with Crippen LogP contribution in [0.5, 0.6) is 0 Å². The van der Waals surface area contributed by atoms with Crippen LogP contribution in [0.1, 0.15) is 35.1 Å². The lowest BCUT2D eigenvalue weighted by molar-refractivity contribution is 0.0958. The lowest BCUT2D eigenvalue weighted by Crippen LogP contribution is -2.46. The number of H-pyrrole nitrogens is 1. The van der Waals surface area contributed by atoms with Gasteiger partial charge in [-0.15, -0.1) is 0 Å². The van der Waals surface area contributed by atoms with E-state index in [2.05, 4.69) is 35.1 Å². The maximum Gasteiger partial charge on any atom is 0.270 e. The van der Waals surface area contributed by atoms with Crippen LogP contribution in [0, 0.1) is 0 Å². The molecule has 5 rings (SSSR count). The molecular formula is C22H25N7O2. The van der Waals surface area contributed by atoms with E-state index in [0.29, 0.717) is 41.1 Å². The number of aromatic nitrogens is 4. The number of rotatable bonds is 5. The summed E-state index contributed by atoms with van der Waals surface area (Å²) in [5.74, 6) is -0.174. The molecule has 0 unspecified atom stereocenters. The Morgan fingerprint density at radius 3 is 2.84 bits per heavy atom. The summed E-state index contributed by atoms with van der Waals surface area (Å²) in [5, 5.41) is 2.60. The van der Waals surface area contributed by atoms with Crippen molar-refractivity contribution in [2.75, 3.05) is 25.0 Å². The maximum atomic E-state index is 12.1. The van der Waals surface area contributed by atoms with Crippen molar-refractivity contribution >= 4 is 22.8 Å². The number of carbonyl (C=O) groups excluding carboxylic acids is 1. The lowest BCUT2D eigenvalue weighted by Gasteiger charge is -2.35. The van der Waals surface area contributed by atoms with E-state index in [1.807, 2.05) is 25.3 Å². The van der Waals surface area contributed by atoms with Gasteiger partial charge in [-0.3, -0.25) is 14.5 Å². The number of aryl methyl sites for hydroxylation is 1. The number of amides is 1. The summed E-state index contributed by atoms with van der Waals surface area (Å²) in [7, 11) is 1.60. The van der Waals surface area contributed by atoms with Crippen LogP contribution in [0.4, 0.5) is 5.69 Å². The van der Waals surface area contributed by atoms with Crippen LogP contribution in [0.15, 0.2) is 35.4 Å². The third-order valence-corrected chi connectivity index (χ3v) is 6.16. The van der Waals surface area contributed by atoms with Gasteiger partial charge in [0.05, 0.1) is 17.4 Å². The smallest absolute Gasteiger partial charge is 0.270 e. The van der Waals surface area contributed by atoms with Crippen LogP contribution in [0.2, 0.25) is 0 Å². The van der Waals surface area contributed by atoms with Gasteiger partial charge in [-0.05, 0) is 36.6 Å². The minimum absolute atomic E-state index is 0.138. The van der Waals surface area contributed by atoms with E-state index in [9.17, 15) is 9.59 Å². The van der Waals surface area contributed by atoms with Crippen molar-refractivity contribution in [3.05, 3.63) is 57.9 Å². The zero-order valence-corrected chi connectivity index (χ0v) is 17.6. The number of fused-ring (bicyclic) bond motifs is 2. The van der Waals surface area contributed by atoms with Gasteiger partial charge in [-0.2, -0.15) is 0 Å². The van der Waals surface area contributed by atoms with E-state index in [1.54, 1.807) is 19.3 Å². The largest absolute Gasteiger partial charge is 0.364 e. The van der Waals surface area contributed by atoms with Gasteiger partial charge < -0.3 is 15.2 Å². The molecule has 2 aliphatic rings. The molecule has 0 radical (unpaired) electrons. The van der Waals surface area contributed by atoms with Gasteiger partial charge in [0.15, 0.2) is 5.65 Å². The molecular weight excluding hydrogens is 394 g/mol. The summed E-state index contributed by atoms with van der Waals surface area (Å²) in [4.78, 5) is 44.7. The second-order valence-corrected chi connectivity index (χ2v) is 8.10. The van der Waals surface area contributed by atoms with Gasteiger partial charge in [0.2, 0.25) is 0 Å². The molecule has 9 nitrogen and oxygen atoms in total. The van der Waals surface area contributed by atoms with Gasteiger partial charge in [0.25, 0.3) is 11.5 Å². The average Bonchev–Trinajstić information content (AvgIpc) is 3.60. The number of hydrogen-bond donors (Lipinski definition) is 2. The molecule has 1 aliphatic heterocycles. The second-order valence-electron chi connectivity index (χ2n) is 8.10. The van der Waals surface area contributed by atoms with Gasteiger partial charge in [0, 0.05) is 45.0 Å². The summed E-state index contributed by atoms with van der Waals surface area (Å²) in [6.45, 7) is 4.54. The molecule has 3 aromatic rings. The molecule has 4 heterocycles. The Morgan fingerprint density at radius 2 is 2.10 bits per heavy atom. The van der Waals surface area contributed by atoms with Crippen LogP contribution in [-0.4, -0.2) is 63.0 Å². The summed E-state index contributed by atoms with van der Waals surface area (Å²) in [6.07, 6.45) is 5.34. The molecule has 0 aromatic carbocycles. The predicted octanol–water partition coefficient (Wildman–Crippen LogP) is 1.10. The molecule has 1 saturated heterocycles. The van der Waals surface area contributed by atoms with Crippen molar-refractivity contribution in [1.82, 2.24) is 30.2 Å². The van der Waals surface area contributed by atoms with Crippen LogP contribution in [0.25, 0.3) is 11.2 Å². The van der Waals surface area contributed by atoms with E-state index >= 15 is 0 Å². The zero-order valence-electron chi connectivity index (χ0n) is 17.6. The Kier molecular flexibility index (Phi) is 4.90. The van der Waals surface area contributed by atoms with E-state index < -0.39 is 0 Å². The van der Waals surface area contributed by atoms with Crippen molar-refractivity contribution in [1.29, 1.82) is 0 Å². The highest BCUT2D eigenvalue weighted by Crippen LogP contribution is 2.39. The van der Waals surface area contributed by atoms with E-state index in [1.165, 1.54) is 0 Å². The Bertz CT molecular complexity index is 1190. The first-order valence-corrected chi connectivity index (χ1v) is 10.6. The first-order chi connectivity index (χ1) is 15.1. The van der Waals surface area contributed by atoms with Crippen molar-refractivity contribution in [2.24, 2.45) is 0 Å². The van der Waals surface area contributed by atoms with Gasteiger partial charge in [0.1, 0.15) is 11.4 Å². The Balaban J connectivity index is 1.27. The fraction of sp³-hybridized carbons (Fsp3) is 0.409. The van der Waals surface area contributed by atoms with Gasteiger partial charge in [-0.1, -0.05) is 6.92 Å². The number of nitrogens with one attached hydrogen (secondary N) is 2. The summed E-state index contributed by atoms with van der Waals surface area (Å²) in [5.41, 5.74) is 4.21. The fourth-order valence-electron chi connectivity index (χ4n) is 4.41. The number of anilines is 1. The van der Waals surface area contributed by atoms with E-state index in [-0.39, 0.29) is 11.5 Å². The Labute approximate surface area is 179 Å². The first-order valence-electron chi connectivity index (χ1n) is 10.6. The molecule has 2 atom stereocenters. The number of hydrogen-bond acceptors (Lipinski definition) is 7. The normalized spacial score (nSPS) is 20.5. The van der Waals surface area contributed by atoms with Crippen LogP contribution >= 0.6 is 0 Å². The fourth-order valence-corrected chi connectivity index (χ4v) is 4.41. The molecule has 0 spiro atoms. The third kappa shape index (κ3) is 3.65. The highest BCUT2D eigenvalue weighted by molar-refractivity contribution is 5.92. The second kappa shape index (κ2) is 7.73. The van der Waals surface area contributed by atoms with Crippen LogP contribution in [0.3, 0.4) is 0 Å². The standard InChI is InChI=1S/C22H25N7O2/c1-3-15-22(31)27-17-8-13(10-25-20(17)26-15)12-28-6-7-29(19-9-18(19)28)14-4-5-16(24-11-14)21(30)23-2/h4-5,8,10-11,18-19H,3,6-7,9,12H2,1-2H3,(H,23,30)(H,27,31)/t18-,19+/m0/s1. The van der Waals surface area contributed by atoms with Crippen molar-refractivity contribution in [3.63, 3.8) is 0 Å². The minimum Gasteiger partial charge on any atom is -0.364 e. The van der Waals surface area contributed by atoms with E-state index in [0.717, 1.165) is 37.3 Å². The predicted molar refractivity (Wildman–Crippen MR) is 117 cm³/mol. The number of nitrogens with zero attached hydrogens (tertiary/aromatic N) is 5. The highest BCUT2D eigenvalue weighted by Gasteiger charge is 2.48. The monoisotopic (exact) mass is 419 g/mol. The average molecular weight is 419 g/mol.